The van der Waals surface area contributed by atoms with E-state index >= 15 is 0 Å². The summed E-state index contributed by atoms with van der Waals surface area (Å²) in [5, 5.41) is 16.4. The van der Waals surface area contributed by atoms with Crippen molar-refractivity contribution in [2.75, 3.05) is 0 Å². The van der Waals surface area contributed by atoms with Gasteiger partial charge < -0.3 is 5.32 Å². The standard InChI is InChI=1S/C14H20N4OS/c1-9(2)11-12(20-18-17-11)13(19)16-14(8-15)6-4-10(3)5-7-14/h9-10H,4-7H2,1-3H3,(H,16,19). The highest BCUT2D eigenvalue weighted by Gasteiger charge is 2.37. The number of carbonyl (C=O) groups is 1. The van der Waals surface area contributed by atoms with Crippen LogP contribution in [0.3, 0.4) is 0 Å². The monoisotopic (exact) mass is 292 g/mol. The van der Waals surface area contributed by atoms with Crippen molar-refractivity contribution in [3.8, 4) is 6.07 Å². The van der Waals surface area contributed by atoms with Crippen molar-refractivity contribution in [2.45, 2.75) is 57.9 Å². The van der Waals surface area contributed by atoms with Crippen molar-refractivity contribution in [3.05, 3.63) is 10.6 Å². The van der Waals surface area contributed by atoms with Crippen LogP contribution in [0.2, 0.25) is 0 Å². The normalized spacial score (nSPS) is 26.2. The fourth-order valence-electron chi connectivity index (χ4n) is 2.53. The van der Waals surface area contributed by atoms with Gasteiger partial charge in [0, 0.05) is 0 Å². The number of hydrogen-bond donors (Lipinski definition) is 1. The van der Waals surface area contributed by atoms with E-state index in [0.717, 1.165) is 37.2 Å². The molecule has 1 N–H and O–H groups in total. The molecule has 1 saturated carbocycles. The molecular weight excluding hydrogens is 272 g/mol. The second kappa shape index (κ2) is 5.88. The number of amides is 1. The number of aromatic nitrogens is 2. The predicted molar refractivity (Wildman–Crippen MR) is 77.4 cm³/mol. The van der Waals surface area contributed by atoms with Gasteiger partial charge >= 0.3 is 0 Å². The van der Waals surface area contributed by atoms with Gasteiger partial charge in [-0.2, -0.15) is 5.26 Å². The van der Waals surface area contributed by atoms with Crippen LogP contribution in [0.1, 0.15) is 67.7 Å². The van der Waals surface area contributed by atoms with E-state index < -0.39 is 5.54 Å². The summed E-state index contributed by atoms with van der Waals surface area (Å²) in [5.41, 5.74) is -0.00766. The molecule has 0 spiro atoms. The Morgan fingerprint density at radius 3 is 2.70 bits per heavy atom. The molecule has 0 aliphatic heterocycles. The quantitative estimate of drug-likeness (QED) is 0.929. The molecule has 0 saturated heterocycles. The molecule has 0 aromatic carbocycles. The topological polar surface area (TPSA) is 78.7 Å². The van der Waals surface area contributed by atoms with Gasteiger partial charge in [0.1, 0.15) is 10.4 Å². The Morgan fingerprint density at radius 2 is 2.15 bits per heavy atom. The first-order valence-electron chi connectivity index (χ1n) is 7.03. The van der Waals surface area contributed by atoms with Crippen molar-refractivity contribution in [1.29, 1.82) is 5.26 Å². The summed E-state index contributed by atoms with van der Waals surface area (Å²) >= 11 is 1.10. The molecule has 1 aliphatic carbocycles. The maximum absolute atomic E-state index is 12.4. The van der Waals surface area contributed by atoms with Crippen molar-refractivity contribution < 1.29 is 4.79 Å². The van der Waals surface area contributed by atoms with E-state index in [0.29, 0.717) is 16.5 Å². The second-order valence-corrected chi connectivity index (χ2v) is 6.73. The SMILES string of the molecule is CC1CCC(C#N)(NC(=O)c2snnc2C(C)C)CC1. The summed E-state index contributed by atoms with van der Waals surface area (Å²) in [6.45, 7) is 6.15. The van der Waals surface area contributed by atoms with E-state index in [1.54, 1.807) is 0 Å². The molecule has 2 rings (SSSR count). The summed E-state index contributed by atoms with van der Waals surface area (Å²) in [7, 11) is 0. The predicted octanol–water partition coefficient (Wildman–Crippen LogP) is 2.86. The summed E-state index contributed by atoms with van der Waals surface area (Å²) in [5.74, 6) is 0.573. The van der Waals surface area contributed by atoms with Crippen molar-refractivity contribution in [3.63, 3.8) is 0 Å². The van der Waals surface area contributed by atoms with Gasteiger partial charge in [-0.25, -0.2) is 0 Å². The molecule has 0 bridgehead atoms. The molecule has 1 fully saturated rings. The number of nitrogens with zero attached hydrogens (tertiary/aromatic N) is 3. The van der Waals surface area contributed by atoms with Crippen LogP contribution in [0, 0.1) is 17.2 Å². The fraction of sp³-hybridized carbons (Fsp3) is 0.714. The highest BCUT2D eigenvalue weighted by molar-refractivity contribution is 7.08. The minimum atomic E-state index is -0.720. The Labute approximate surface area is 123 Å². The number of nitrogens with one attached hydrogen (secondary N) is 1. The first-order valence-corrected chi connectivity index (χ1v) is 7.81. The highest BCUT2D eigenvalue weighted by atomic mass is 32.1. The molecule has 6 heteroatoms. The van der Waals surface area contributed by atoms with E-state index in [1.165, 1.54) is 0 Å². The van der Waals surface area contributed by atoms with Gasteiger partial charge in [-0.15, -0.1) is 5.10 Å². The van der Waals surface area contributed by atoms with Crippen molar-refractivity contribution >= 4 is 17.4 Å². The lowest BCUT2D eigenvalue weighted by Gasteiger charge is -2.34. The van der Waals surface area contributed by atoms with Crippen molar-refractivity contribution in [1.82, 2.24) is 14.9 Å². The lowest BCUT2D eigenvalue weighted by atomic mass is 9.78. The smallest absolute Gasteiger partial charge is 0.266 e. The number of rotatable bonds is 3. The van der Waals surface area contributed by atoms with Crippen LogP contribution >= 0.6 is 11.5 Å². The zero-order valence-electron chi connectivity index (χ0n) is 12.1. The molecule has 0 radical (unpaired) electrons. The molecule has 0 unspecified atom stereocenters. The Balaban J connectivity index is 2.14. The van der Waals surface area contributed by atoms with Gasteiger partial charge in [0.25, 0.3) is 5.91 Å². The summed E-state index contributed by atoms with van der Waals surface area (Å²) in [6, 6.07) is 2.31. The fourth-order valence-corrected chi connectivity index (χ4v) is 3.24. The summed E-state index contributed by atoms with van der Waals surface area (Å²) in [4.78, 5) is 12.9. The minimum absolute atomic E-state index is 0.152. The van der Waals surface area contributed by atoms with Gasteiger partial charge in [0.05, 0.1) is 11.8 Å². The Morgan fingerprint density at radius 1 is 1.50 bits per heavy atom. The molecule has 1 aromatic heterocycles. The van der Waals surface area contributed by atoms with Crippen molar-refractivity contribution in [2.24, 2.45) is 5.92 Å². The van der Waals surface area contributed by atoms with Crippen LogP contribution in [0.25, 0.3) is 0 Å². The molecule has 1 aromatic rings. The first-order chi connectivity index (χ1) is 9.47. The number of nitriles is 1. The van der Waals surface area contributed by atoms with Gasteiger partial charge in [-0.1, -0.05) is 25.3 Å². The van der Waals surface area contributed by atoms with E-state index in [2.05, 4.69) is 27.9 Å². The third kappa shape index (κ3) is 2.98. The lowest BCUT2D eigenvalue weighted by molar-refractivity contribution is 0.0896. The van der Waals surface area contributed by atoms with E-state index in [4.69, 9.17) is 0 Å². The molecule has 108 valence electrons. The Bertz CT molecular complexity index is 524. The third-order valence-electron chi connectivity index (χ3n) is 3.96. The molecule has 1 heterocycles. The first kappa shape index (κ1) is 14.9. The largest absolute Gasteiger partial charge is 0.333 e. The summed E-state index contributed by atoms with van der Waals surface area (Å²) < 4.78 is 3.87. The number of hydrogen-bond acceptors (Lipinski definition) is 5. The summed E-state index contributed by atoms with van der Waals surface area (Å²) in [6.07, 6.45) is 3.40. The zero-order chi connectivity index (χ0) is 14.8. The van der Waals surface area contributed by atoms with Gasteiger partial charge in [0.15, 0.2) is 0 Å². The minimum Gasteiger partial charge on any atom is -0.333 e. The zero-order valence-corrected chi connectivity index (χ0v) is 13.0. The molecule has 1 amide bonds. The molecule has 1 aliphatic rings. The average Bonchev–Trinajstić information content (AvgIpc) is 2.91. The number of carbonyl (C=O) groups excluding carboxylic acids is 1. The molecule has 5 nitrogen and oxygen atoms in total. The molecule has 20 heavy (non-hydrogen) atoms. The van der Waals surface area contributed by atoms with E-state index in [9.17, 15) is 10.1 Å². The van der Waals surface area contributed by atoms with Crippen LogP contribution in [-0.4, -0.2) is 21.0 Å². The second-order valence-electron chi connectivity index (χ2n) is 5.97. The van der Waals surface area contributed by atoms with Crippen LogP contribution in [0.15, 0.2) is 0 Å². The van der Waals surface area contributed by atoms with Crippen LogP contribution in [0.4, 0.5) is 0 Å². The lowest BCUT2D eigenvalue weighted by Crippen LogP contribution is -2.49. The maximum atomic E-state index is 12.4. The maximum Gasteiger partial charge on any atom is 0.266 e. The highest BCUT2D eigenvalue weighted by Crippen LogP contribution is 2.32. The van der Waals surface area contributed by atoms with Gasteiger partial charge in [-0.05, 0) is 49.1 Å². The Hall–Kier alpha value is -1.48. The van der Waals surface area contributed by atoms with E-state index in [-0.39, 0.29) is 11.8 Å². The van der Waals surface area contributed by atoms with Crippen LogP contribution in [0.5, 0.6) is 0 Å². The van der Waals surface area contributed by atoms with E-state index in [1.807, 2.05) is 13.8 Å². The van der Waals surface area contributed by atoms with Gasteiger partial charge in [-0.3, -0.25) is 4.79 Å². The van der Waals surface area contributed by atoms with Gasteiger partial charge in [0.2, 0.25) is 0 Å². The van der Waals surface area contributed by atoms with Crippen LogP contribution < -0.4 is 5.32 Å². The molecular formula is C14H20N4OS. The third-order valence-corrected chi connectivity index (χ3v) is 4.70. The van der Waals surface area contributed by atoms with Crippen LogP contribution in [-0.2, 0) is 0 Å². The molecule has 0 atom stereocenters. The average molecular weight is 292 g/mol. The Kier molecular flexibility index (Phi) is 4.39.